The van der Waals surface area contributed by atoms with Crippen molar-refractivity contribution < 1.29 is 26.4 Å². The van der Waals surface area contributed by atoms with Crippen LogP contribution < -0.4 is 5.32 Å². The fraction of sp³-hybridized carbons (Fsp3) is 0.462. The monoisotopic (exact) mass is 323 g/mol. The van der Waals surface area contributed by atoms with Crippen LogP contribution in [0, 0.1) is 0 Å². The van der Waals surface area contributed by atoms with Crippen molar-refractivity contribution in [3.63, 3.8) is 0 Å². The lowest BCUT2D eigenvalue weighted by Crippen LogP contribution is -2.38. The molecule has 0 saturated heterocycles. The second-order valence-corrected chi connectivity index (χ2v) is 7.05. The summed E-state index contributed by atoms with van der Waals surface area (Å²) < 4.78 is 60.0. The van der Waals surface area contributed by atoms with Gasteiger partial charge in [0, 0.05) is 17.4 Å². The molecule has 1 N–H and O–H groups in total. The first-order valence-corrected chi connectivity index (χ1v) is 8.06. The van der Waals surface area contributed by atoms with E-state index >= 15 is 0 Å². The van der Waals surface area contributed by atoms with Crippen molar-refractivity contribution in [3.05, 3.63) is 35.4 Å². The third-order valence-corrected chi connectivity index (χ3v) is 4.68. The van der Waals surface area contributed by atoms with Crippen LogP contribution >= 0.6 is 0 Å². The molecule has 8 heteroatoms. The zero-order chi connectivity index (χ0) is 16.3. The Morgan fingerprint density at radius 1 is 1.24 bits per heavy atom. The average molecular weight is 323 g/mol. The van der Waals surface area contributed by atoms with Crippen LogP contribution in [0.5, 0.6) is 0 Å². The molecule has 0 saturated carbocycles. The standard InChI is InChI=1S/C13H16F3NO3S/c1-3-21(19,20)8-9(2)17-12(18)10-4-6-11(7-5-10)13(14,15)16/h4-7,9H,3,8H2,1-2H3,(H,17,18)/t9-/m0/s1. The maximum absolute atomic E-state index is 12.4. The highest BCUT2D eigenvalue weighted by atomic mass is 32.2. The Labute approximate surface area is 121 Å². The summed E-state index contributed by atoms with van der Waals surface area (Å²) in [5.41, 5.74) is -0.801. The fourth-order valence-electron chi connectivity index (χ4n) is 1.66. The second-order valence-electron chi connectivity index (χ2n) is 4.65. The van der Waals surface area contributed by atoms with Crippen LogP contribution in [0.3, 0.4) is 0 Å². The molecule has 0 radical (unpaired) electrons. The minimum absolute atomic E-state index is 0.0342. The van der Waals surface area contributed by atoms with Crippen LogP contribution in [0.25, 0.3) is 0 Å². The number of hydrogen-bond donors (Lipinski definition) is 1. The Morgan fingerprint density at radius 3 is 2.19 bits per heavy atom. The Balaban J connectivity index is 2.72. The number of alkyl halides is 3. The predicted octanol–water partition coefficient (Wildman–Crippen LogP) is 2.26. The first-order chi connectivity index (χ1) is 9.55. The molecule has 0 aliphatic rings. The second kappa shape index (κ2) is 6.46. The molecule has 0 aliphatic carbocycles. The van der Waals surface area contributed by atoms with Crippen molar-refractivity contribution in [3.8, 4) is 0 Å². The summed E-state index contributed by atoms with van der Waals surface area (Å²) in [6.45, 7) is 3.02. The summed E-state index contributed by atoms with van der Waals surface area (Å²) in [5.74, 6) is -0.855. The van der Waals surface area contributed by atoms with Crippen molar-refractivity contribution in [1.29, 1.82) is 0 Å². The predicted molar refractivity (Wildman–Crippen MR) is 72.7 cm³/mol. The van der Waals surface area contributed by atoms with E-state index in [1.54, 1.807) is 0 Å². The molecule has 1 aromatic rings. The van der Waals surface area contributed by atoms with Crippen LogP contribution in [0.4, 0.5) is 13.2 Å². The van der Waals surface area contributed by atoms with Gasteiger partial charge in [-0.1, -0.05) is 6.92 Å². The first kappa shape index (κ1) is 17.5. The van der Waals surface area contributed by atoms with Crippen molar-refractivity contribution >= 4 is 15.7 Å². The number of nitrogens with one attached hydrogen (secondary N) is 1. The summed E-state index contributed by atoms with van der Waals surface area (Å²) in [4.78, 5) is 11.8. The number of sulfone groups is 1. The number of carbonyl (C=O) groups excluding carboxylic acids is 1. The summed E-state index contributed by atoms with van der Waals surface area (Å²) in [7, 11) is -3.24. The van der Waals surface area contributed by atoms with Gasteiger partial charge in [-0.3, -0.25) is 4.79 Å². The molecule has 0 aliphatic heterocycles. The molecule has 4 nitrogen and oxygen atoms in total. The minimum atomic E-state index is -4.46. The molecular formula is C13H16F3NO3S. The van der Waals surface area contributed by atoms with Gasteiger partial charge in [0.15, 0.2) is 9.84 Å². The molecular weight excluding hydrogens is 307 g/mol. The van der Waals surface area contributed by atoms with Gasteiger partial charge in [0.05, 0.1) is 11.3 Å². The molecule has 1 rings (SSSR count). The molecule has 0 bridgehead atoms. The van der Waals surface area contributed by atoms with E-state index in [2.05, 4.69) is 5.32 Å². The van der Waals surface area contributed by atoms with E-state index in [1.807, 2.05) is 0 Å². The van der Waals surface area contributed by atoms with Crippen molar-refractivity contribution in [2.75, 3.05) is 11.5 Å². The highest BCUT2D eigenvalue weighted by Crippen LogP contribution is 2.29. The third kappa shape index (κ3) is 5.37. The number of rotatable bonds is 5. The molecule has 118 valence electrons. The molecule has 0 heterocycles. The van der Waals surface area contributed by atoms with Gasteiger partial charge in [0.25, 0.3) is 5.91 Å². The first-order valence-electron chi connectivity index (χ1n) is 6.23. The van der Waals surface area contributed by atoms with Gasteiger partial charge in [-0.15, -0.1) is 0 Å². The fourth-order valence-corrected chi connectivity index (χ4v) is 2.74. The third-order valence-electron chi connectivity index (χ3n) is 2.80. The van der Waals surface area contributed by atoms with E-state index < -0.39 is 33.5 Å². The number of halogens is 3. The van der Waals surface area contributed by atoms with Gasteiger partial charge in [-0.2, -0.15) is 13.2 Å². The van der Waals surface area contributed by atoms with Gasteiger partial charge in [-0.25, -0.2) is 8.42 Å². The average Bonchev–Trinajstić information content (AvgIpc) is 2.37. The maximum Gasteiger partial charge on any atom is 0.416 e. The van der Waals surface area contributed by atoms with Crippen molar-refractivity contribution in [2.45, 2.75) is 26.1 Å². The van der Waals surface area contributed by atoms with Gasteiger partial charge in [-0.05, 0) is 31.2 Å². The van der Waals surface area contributed by atoms with Crippen LogP contribution in [0.15, 0.2) is 24.3 Å². The molecule has 0 spiro atoms. The van der Waals surface area contributed by atoms with Crippen molar-refractivity contribution in [1.82, 2.24) is 5.32 Å². The summed E-state index contributed by atoms with van der Waals surface area (Å²) in [6.07, 6.45) is -4.46. The lowest BCUT2D eigenvalue weighted by atomic mass is 10.1. The van der Waals surface area contributed by atoms with Crippen molar-refractivity contribution in [2.24, 2.45) is 0 Å². The Hall–Kier alpha value is -1.57. The highest BCUT2D eigenvalue weighted by Gasteiger charge is 2.30. The summed E-state index contributed by atoms with van der Waals surface area (Å²) in [5, 5.41) is 2.45. The topological polar surface area (TPSA) is 63.2 Å². The molecule has 0 unspecified atom stereocenters. The van der Waals surface area contributed by atoms with Gasteiger partial charge in [0.2, 0.25) is 0 Å². The smallest absolute Gasteiger partial charge is 0.349 e. The zero-order valence-electron chi connectivity index (χ0n) is 11.6. The zero-order valence-corrected chi connectivity index (χ0v) is 12.4. The SMILES string of the molecule is CCS(=O)(=O)C[C@H](C)NC(=O)c1ccc(C(F)(F)F)cc1. The van der Waals surface area contributed by atoms with E-state index in [-0.39, 0.29) is 17.1 Å². The van der Waals surface area contributed by atoms with E-state index in [1.165, 1.54) is 13.8 Å². The van der Waals surface area contributed by atoms with Gasteiger partial charge < -0.3 is 5.32 Å². The normalized spacial score (nSPS) is 13.8. The quantitative estimate of drug-likeness (QED) is 0.904. The van der Waals surface area contributed by atoms with E-state index in [9.17, 15) is 26.4 Å². The van der Waals surface area contributed by atoms with Crippen LogP contribution in [0.2, 0.25) is 0 Å². The lowest BCUT2D eigenvalue weighted by molar-refractivity contribution is -0.137. The molecule has 1 aromatic carbocycles. The maximum atomic E-state index is 12.4. The molecule has 1 atom stereocenters. The molecule has 1 amide bonds. The summed E-state index contributed by atoms with van der Waals surface area (Å²) in [6, 6.07) is 3.10. The lowest BCUT2D eigenvalue weighted by Gasteiger charge is -2.14. The van der Waals surface area contributed by atoms with E-state index in [0.717, 1.165) is 24.3 Å². The minimum Gasteiger partial charge on any atom is -0.349 e. The van der Waals surface area contributed by atoms with Gasteiger partial charge in [0.1, 0.15) is 0 Å². The molecule has 0 fully saturated rings. The van der Waals surface area contributed by atoms with Crippen LogP contribution in [-0.4, -0.2) is 31.9 Å². The van der Waals surface area contributed by atoms with E-state index in [0.29, 0.717) is 0 Å². The Bertz CT molecular complexity index is 594. The Morgan fingerprint density at radius 2 is 1.76 bits per heavy atom. The van der Waals surface area contributed by atoms with E-state index in [4.69, 9.17) is 0 Å². The number of hydrogen-bond acceptors (Lipinski definition) is 3. The number of benzene rings is 1. The Kier molecular flexibility index (Phi) is 5.38. The largest absolute Gasteiger partial charge is 0.416 e. The number of amides is 1. The van der Waals surface area contributed by atoms with Crippen LogP contribution in [-0.2, 0) is 16.0 Å². The summed E-state index contributed by atoms with van der Waals surface area (Å²) >= 11 is 0. The van der Waals surface area contributed by atoms with Gasteiger partial charge >= 0.3 is 6.18 Å². The van der Waals surface area contributed by atoms with Crippen LogP contribution in [0.1, 0.15) is 29.8 Å². The number of carbonyl (C=O) groups is 1. The molecule has 0 aromatic heterocycles. The highest BCUT2D eigenvalue weighted by molar-refractivity contribution is 7.91. The molecule has 21 heavy (non-hydrogen) atoms.